The van der Waals surface area contributed by atoms with Crippen LogP contribution in [0, 0.1) is 5.82 Å². The fraction of sp³-hybridized carbons (Fsp3) is 0.333. The maximum Gasteiger partial charge on any atom is 0.317 e. The van der Waals surface area contributed by atoms with E-state index in [1.165, 1.54) is 13.2 Å². The molecule has 3 rings (SSSR count). The number of Topliss-reactive ketones (excluding diaryl/α,β-unsaturated/α-hetero) is 1. The fourth-order valence-corrected chi connectivity index (χ4v) is 3.63. The second kappa shape index (κ2) is 7.68. The summed E-state index contributed by atoms with van der Waals surface area (Å²) in [7, 11) is 1.48. The summed E-state index contributed by atoms with van der Waals surface area (Å²) in [4.78, 5) is 25.3. The van der Waals surface area contributed by atoms with E-state index in [1.807, 2.05) is 0 Å². The SMILES string of the molecule is COc1ccccc1C(=O)COC(=O)C1(c2ccccc2F)CCCC1. The molecule has 0 aromatic heterocycles. The Morgan fingerprint density at radius 2 is 1.69 bits per heavy atom. The normalized spacial score (nSPS) is 15.5. The van der Waals surface area contributed by atoms with Crippen LogP contribution >= 0.6 is 0 Å². The third kappa shape index (κ3) is 3.34. The van der Waals surface area contributed by atoms with Gasteiger partial charge in [0.25, 0.3) is 0 Å². The molecule has 0 bridgehead atoms. The van der Waals surface area contributed by atoms with Crippen molar-refractivity contribution < 1.29 is 23.5 Å². The first-order valence-electron chi connectivity index (χ1n) is 8.67. The average Bonchev–Trinajstić information content (AvgIpc) is 3.17. The minimum atomic E-state index is -1.01. The first-order chi connectivity index (χ1) is 12.6. The van der Waals surface area contributed by atoms with Gasteiger partial charge in [-0.15, -0.1) is 0 Å². The molecule has 0 saturated heterocycles. The average molecular weight is 356 g/mol. The zero-order valence-electron chi connectivity index (χ0n) is 14.7. The van der Waals surface area contributed by atoms with Gasteiger partial charge in [0.1, 0.15) is 11.6 Å². The van der Waals surface area contributed by atoms with Crippen molar-refractivity contribution in [2.45, 2.75) is 31.1 Å². The van der Waals surface area contributed by atoms with Gasteiger partial charge in [-0.05, 0) is 31.0 Å². The summed E-state index contributed by atoms with van der Waals surface area (Å²) in [5.74, 6) is -0.874. The van der Waals surface area contributed by atoms with E-state index in [9.17, 15) is 14.0 Å². The number of methoxy groups -OCH3 is 1. The summed E-state index contributed by atoms with van der Waals surface area (Å²) >= 11 is 0. The second-order valence-electron chi connectivity index (χ2n) is 6.47. The highest BCUT2D eigenvalue weighted by molar-refractivity contribution is 6.00. The second-order valence-corrected chi connectivity index (χ2v) is 6.47. The van der Waals surface area contributed by atoms with Crippen LogP contribution in [0.3, 0.4) is 0 Å². The van der Waals surface area contributed by atoms with E-state index in [0.29, 0.717) is 29.7 Å². The molecule has 0 heterocycles. The van der Waals surface area contributed by atoms with Crippen LogP contribution in [-0.2, 0) is 14.9 Å². The molecule has 136 valence electrons. The lowest BCUT2D eigenvalue weighted by molar-refractivity contribution is -0.149. The molecule has 0 N–H and O–H groups in total. The molecule has 5 heteroatoms. The highest BCUT2D eigenvalue weighted by atomic mass is 19.1. The lowest BCUT2D eigenvalue weighted by atomic mass is 9.78. The molecule has 2 aromatic rings. The van der Waals surface area contributed by atoms with Gasteiger partial charge in [-0.25, -0.2) is 4.39 Å². The van der Waals surface area contributed by atoms with Gasteiger partial charge in [-0.3, -0.25) is 9.59 Å². The van der Waals surface area contributed by atoms with Gasteiger partial charge in [-0.2, -0.15) is 0 Å². The lowest BCUT2D eigenvalue weighted by Crippen LogP contribution is -2.36. The summed E-state index contributed by atoms with van der Waals surface area (Å²) in [6.07, 6.45) is 2.69. The van der Waals surface area contributed by atoms with Gasteiger partial charge >= 0.3 is 5.97 Å². The summed E-state index contributed by atoms with van der Waals surface area (Å²) in [5, 5.41) is 0. The Labute approximate surface area is 151 Å². The van der Waals surface area contributed by atoms with Crippen molar-refractivity contribution in [2.75, 3.05) is 13.7 Å². The molecule has 26 heavy (non-hydrogen) atoms. The van der Waals surface area contributed by atoms with Gasteiger partial charge in [0.15, 0.2) is 6.61 Å². The van der Waals surface area contributed by atoms with Crippen LogP contribution in [0.4, 0.5) is 4.39 Å². The number of halogens is 1. The number of carbonyl (C=O) groups excluding carboxylic acids is 2. The molecule has 2 aromatic carbocycles. The van der Waals surface area contributed by atoms with Crippen LogP contribution in [0.2, 0.25) is 0 Å². The molecule has 1 fully saturated rings. The van der Waals surface area contributed by atoms with E-state index in [1.54, 1.807) is 42.5 Å². The maximum atomic E-state index is 14.3. The highest BCUT2D eigenvalue weighted by Gasteiger charge is 2.46. The van der Waals surface area contributed by atoms with Crippen molar-refractivity contribution in [2.24, 2.45) is 0 Å². The fourth-order valence-electron chi connectivity index (χ4n) is 3.63. The summed E-state index contributed by atoms with van der Waals surface area (Å²) < 4.78 is 24.8. The number of rotatable bonds is 6. The molecule has 1 aliphatic rings. The predicted molar refractivity (Wildman–Crippen MR) is 94.8 cm³/mol. The van der Waals surface area contributed by atoms with Crippen molar-refractivity contribution in [1.29, 1.82) is 0 Å². The van der Waals surface area contributed by atoms with Crippen molar-refractivity contribution in [3.8, 4) is 5.75 Å². The summed E-state index contributed by atoms with van der Waals surface area (Å²) in [6.45, 7) is -0.393. The number of hydrogen-bond donors (Lipinski definition) is 0. The van der Waals surface area contributed by atoms with Crippen LogP contribution < -0.4 is 4.74 Å². The lowest BCUT2D eigenvalue weighted by Gasteiger charge is -2.27. The third-order valence-electron chi connectivity index (χ3n) is 4.98. The first-order valence-corrected chi connectivity index (χ1v) is 8.67. The molecule has 4 nitrogen and oxygen atoms in total. The Balaban J connectivity index is 1.78. The Hall–Kier alpha value is -2.69. The van der Waals surface area contributed by atoms with Gasteiger partial charge in [0.05, 0.1) is 18.1 Å². The smallest absolute Gasteiger partial charge is 0.317 e. The molecule has 0 radical (unpaired) electrons. The van der Waals surface area contributed by atoms with Gasteiger partial charge in [0, 0.05) is 5.56 Å². The zero-order valence-corrected chi connectivity index (χ0v) is 14.7. The summed E-state index contributed by atoms with van der Waals surface area (Å²) in [6, 6.07) is 13.1. The van der Waals surface area contributed by atoms with E-state index >= 15 is 0 Å². The van der Waals surface area contributed by atoms with Crippen LogP contribution in [0.25, 0.3) is 0 Å². The molecule has 1 saturated carbocycles. The van der Waals surface area contributed by atoms with Crippen molar-refractivity contribution >= 4 is 11.8 Å². The topological polar surface area (TPSA) is 52.6 Å². The first kappa shape index (κ1) is 18.1. The Morgan fingerprint density at radius 3 is 2.38 bits per heavy atom. The molecular weight excluding hydrogens is 335 g/mol. The van der Waals surface area contributed by atoms with Crippen LogP contribution in [0.1, 0.15) is 41.6 Å². The number of esters is 1. The number of carbonyl (C=O) groups is 2. The van der Waals surface area contributed by atoms with Gasteiger partial charge in [0.2, 0.25) is 5.78 Å². The van der Waals surface area contributed by atoms with E-state index in [0.717, 1.165) is 12.8 Å². The summed E-state index contributed by atoms with van der Waals surface area (Å²) in [5.41, 5.74) is -0.298. The van der Waals surface area contributed by atoms with Gasteiger partial charge < -0.3 is 9.47 Å². The van der Waals surface area contributed by atoms with Gasteiger partial charge in [-0.1, -0.05) is 43.2 Å². The third-order valence-corrected chi connectivity index (χ3v) is 4.98. The zero-order chi connectivity index (χ0) is 18.6. The number of hydrogen-bond acceptors (Lipinski definition) is 4. The van der Waals surface area contributed by atoms with Crippen LogP contribution in [-0.4, -0.2) is 25.5 Å². The van der Waals surface area contributed by atoms with Crippen LogP contribution in [0.15, 0.2) is 48.5 Å². The standard InChI is InChI=1S/C21H21FO4/c1-25-19-11-5-2-8-15(19)18(23)14-26-20(24)21(12-6-7-13-21)16-9-3-4-10-17(16)22/h2-5,8-11H,6-7,12-14H2,1H3. The molecule has 0 atom stereocenters. The quantitative estimate of drug-likeness (QED) is 0.578. The number of para-hydroxylation sites is 1. The number of ether oxygens (including phenoxy) is 2. The molecule has 0 amide bonds. The van der Waals surface area contributed by atoms with Crippen molar-refractivity contribution in [1.82, 2.24) is 0 Å². The number of benzene rings is 2. The Bertz CT molecular complexity index is 809. The maximum absolute atomic E-state index is 14.3. The molecular formula is C21H21FO4. The Morgan fingerprint density at radius 1 is 1.04 bits per heavy atom. The van der Waals surface area contributed by atoms with Crippen molar-refractivity contribution in [3.05, 3.63) is 65.5 Å². The van der Waals surface area contributed by atoms with E-state index in [2.05, 4.69) is 0 Å². The van der Waals surface area contributed by atoms with Crippen molar-refractivity contribution in [3.63, 3.8) is 0 Å². The molecule has 0 unspecified atom stereocenters. The highest BCUT2D eigenvalue weighted by Crippen LogP contribution is 2.43. The minimum Gasteiger partial charge on any atom is -0.496 e. The van der Waals surface area contributed by atoms with E-state index < -0.39 is 23.8 Å². The molecule has 0 spiro atoms. The predicted octanol–water partition coefficient (Wildman–Crippen LogP) is 4.07. The number of ketones is 1. The molecule has 0 aliphatic heterocycles. The molecule has 1 aliphatic carbocycles. The van der Waals surface area contributed by atoms with E-state index in [-0.39, 0.29) is 5.78 Å². The minimum absolute atomic E-state index is 0.350. The van der Waals surface area contributed by atoms with Crippen LogP contribution in [0.5, 0.6) is 5.75 Å². The largest absolute Gasteiger partial charge is 0.496 e. The van der Waals surface area contributed by atoms with E-state index in [4.69, 9.17) is 9.47 Å². The monoisotopic (exact) mass is 356 g/mol. The Kier molecular flexibility index (Phi) is 5.35.